The van der Waals surface area contributed by atoms with Crippen LogP contribution in [-0.4, -0.2) is 36.5 Å². The fourth-order valence-corrected chi connectivity index (χ4v) is 1.79. The van der Waals surface area contributed by atoms with Crippen LogP contribution in [0.2, 0.25) is 0 Å². The molecule has 0 saturated carbocycles. The summed E-state index contributed by atoms with van der Waals surface area (Å²) in [7, 11) is 0. The Bertz CT molecular complexity index is 403. The number of hydrogen-bond acceptors (Lipinski definition) is 3. The first kappa shape index (κ1) is 15.2. The van der Waals surface area contributed by atoms with E-state index in [9.17, 15) is 9.59 Å². The van der Waals surface area contributed by atoms with Gasteiger partial charge < -0.3 is 9.64 Å². The second-order valence-corrected chi connectivity index (χ2v) is 4.30. The predicted octanol–water partition coefficient (Wildman–Crippen LogP) is 2.03. The molecule has 104 valence electrons. The molecule has 1 aromatic rings. The normalized spacial score (nSPS) is 10.0. The second-order valence-electron chi connectivity index (χ2n) is 4.30. The maximum Gasteiger partial charge on any atom is 0.307 e. The van der Waals surface area contributed by atoms with E-state index in [0.29, 0.717) is 19.7 Å². The van der Waals surface area contributed by atoms with Crippen LogP contribution in [0, 0.1) is 0 Å². The van der Waals surface area contributed by atoms with Gasteiger partial charge in [-0.1, -0.05) is 30.3 Å². The third kappa shape index (κ3) is 6.04. The Hall–Kier alpha value is -1.84. The Morgan fingerprint density at radius 3 is 2.42 bits per heavy atom. The number of esters is 1. The first-order valence-corrected chi connectivity index (χ1v) is 6.58. The zero-order valence-corrected chi connectivity index (χ0v) is 11.6. The summed E-state index contributed by atoms with van der Waals surface area (Å²) in [6, 6.07) is 9.98. The molecule has 0 aliphatic rings. The lowest BCUT2D eigenvalue weighted by atomic mass is 10.1. The summed E-state index contributed by atoms with van der Waals surface area (Å²) in [6.45, 7) is 4.72. The van der Waals surface area contributed by atoms with Crippen molar-refractivity contribution < 1.29 is 14.3 Å². The molecule has 0 heterocycles. The standard InChI is InChI=1S/C15H21NO3/c1-3-19-15(18)10-12-16(13(2)17)11-9-14-7-5-4-6-8-14/h4-8H,3,9-12H2,1-2H3. The number of hydrogen-bond donors (Lipinski definition) is 0. The van der Waals surface area contributed by atoms with E-state index >= 15 is 0 Å². The van der Waals surface area contributed by atoms with Gasteiger partial charge in [0.05, 0.1) is 13.0 Å². The topological polar surface area (TPSA) is 46.6 Å². The van der Waals surface area contributed by atoms with Crippen LogP contribution < -0.4 is 0 Å². The average molecular weight is 263 g/mol. The third-order valence-corrected chi connectivity index (χ3v) is 2.85. The summed E-state index contributed by atoms with van der Waals surface area (Å²) in [5.74, 6) is -0.270. The molecule has 0 saturated heterocycles. The molecule has 0 N–H and O–H groups in total. The minimum atomic E-state index is -0.256. The van der Waals surface area contributed by atoms with Crippen molar-refractivity contribution in [1.29, 1.82) is 0 Å². The molecule has 0 spiro atoms. The van der Waals surface area contributed by atoms with Crippen molar-refractivity contribution in [2.75, 3.05) is 19.7 Å². The maximum atomic E-state index is 11.5. The van der Waals surface area contributed by atoms with Crippen LogP contribution >= 0.6 is 0 Å². The van der Waals surface area contributed by atoms with Gasteiger partial charge in [-0.25, -0.2) is 0 Å². The van der Waals surface area contributed by atoms with Gasteiger partial charge in [-0.2, -0.15) is 0 Å². The van der Waals surface area contributed by atoms with E-state index in [1.165, 1.54) is 12.5 Å². The molecule has 1 amide bonds. The van der Waals surface area contributed by atoms with Crippen LogP contribution in [0.25, 0.3) is 0 Å². The van der Waals surface area contributed by atoms with Gasteiger partial charge in [-0.15, -0.1) is 0 Å². The molecular weight excluding hydrogens is 242 g/mol. The number of carbonyl (C=O) groups excluding carboxylic acids is 2. The summed E-state index contributed by atoms with van der Waals surface area (Å²) >= 11 is 0. The van der Waals surface area contributed by atoms with Gasteiger partial charge in [-0.3, -0.25) is 9.59 Å². The Labute approximate surface area is 114 Å². The van der Waals surface area contributed by atoms with Crippen molar-refractivity contribution in [1.82, 2.24) is 4.90 Å². The zero-order valence-electron chi connectivity index (χ0n) is 11.6. The molecule has 4 heteroatoms. The molecule has 0 radical (unpaired) electrons. The van der Waals surface area contributed by atoms with Crippen molar-refractivity contribution in [3.63, 3.8) is 0 Å². The van der Waals surface area contributed by atoms with E-state index in [1.54, 1.807) is 11.8 Å². The molecule has 0 fully saturated rings. The number of amides is 1. The molecule has 0 unspecified atom stereocenters. The van der Waals surface area contributed by atoms with Crippen molar-refractivity contribution in [3.05, 3.63) is 35.9 Å². The molecule has 0 aromatic heterocycles. The minimum absolute atomic E-state index is 0.0137. The second kappa shape index (κ2) is 8.29. The van der Waals surface area contributed by atoms with E-state index in [1.807, 2.05) is 30.3 Å². The van der Waals surface area contributed by atoms with Crippen LogP contribution in [0.15, 0.2) is 30.3 Å². The van der Waals surface area contributed by atoms with Gasteiger partial charge in [0.2, 0.25) is 5.91 Å². The van der Waals surface area contributed by atoms with E-state index in [-0.39, 0.29) is 18.3 Å². The van der Waals surface area contributed by atoms with Gasteiger partial charge in [0.1, 0.15) is 0 Å². The molecule has 1 rings (SSSR count). The van der Waals surface area contributed by atoms with Gasteiger partial charge in [0, 0.05) is 20.0 Å². The Morgan fingerprint density at radius 1 is 1.16 bits per heavy atom. The van der Waals surface area contributed by atoms with E-state index in [0.717, 1.165) is 6.42 Å². The van der Waals surface area contributed by atoms with Gasteiger partial charge in [0.15, 0.2) is 0 Å². The van der Waals surface area contributed by atoms with Crippen molar-refractivity contribution in [3.8, 4) is 0 Å². The highest BCUT2D eigenvalue weighted by Crippen LogP contribution is 2.03. The maximum absolute atomic E-state index is 11.5. The zero-order chi connectivity index (χ0) is 14.1. The molecule has 1 aromatic carbocycles. The van der Waals surface area contributed by atoms with E-state index < -0.39 is 0 Å². The molecule has 0 atom stereocenters. The number of nitrogens with zero attached hydrogens (tertiary/aromatic N) is 1. The Balaban J connectivity index is 2.41. The SMILES string of the molecule is CCOC(=O)CCN(CCc1ccccc1)C(C)=O. The van der Waals surface area contributed by atoms with Gasteiger partial charge >= 0.3 is 5.97 Å². The number of benzene rings is 1. The highest BCUT2D eigenvalue weighted by molar-refractivity contribution is 5.75. The monoisotopic (exact) mass is 263 g/mol. The largest absolute Gasteiger partial charge is 0.466 e. The van der Waals surface area contributed by atoms with Crippen molar-refractivity contribution in [2.24, 2.45) is 0 Å². The smallest absolute Gasteiger partial charge is 0.307 e. The number of carbonyl (C=O) groups is 2. The summed E-state index contributed by atoms with van der Waals surface area (Å²) in [5, 5.41) is 0. The van der Waals surface area contributed by atoms with Crippen LogP contribution in [0.1, 0.15) is 25.8 Å². The number of rotatable bonds is 7. The highest BCUT2D eigenvalue weighted by atomic mass is 16.5. The van der Waals surface area contributed by atoms with E-state index in [2.05, 4.69) is 0 Å². The summed E-state index contributed by atoms with van der Waals surface area (Å²) < 4.78 is 4.86. The summed E-state index contributed by atoms with van der Waals surface area (Å²) in [5.41, 5.74) is 1.19. The molecule has 0 aliphatic carbocycles. The first-order valence-electron chi connectivity index (χ1n) is 6.58. The predicted molar refractivity (Wildman–Crippen MR) is 73.7 cm³/mol. The Morgan fingerprint density at radius 2 is 1.84 bits per heavy atom. The summed E-state index contributed by atoms with van der Waals surface area (Å²) in [4.78, 5) is 24.5. The third-order valence-electron chi connectivity index (χ3n) is 2.85. The summed E-state index contributed by atoms with van der Waals surface area (Å²) in [6.07, 6.45) is 1.05. The minimum Gasteiger partial charge on any atom is -0.466 e. The van der Waals surface area contributed by atoms with Crippen LogP contribution in [0.3, 0.4) is 0 Å². The fourth-order valence-electron chi connectivity index (χ4n) is 1.79. The van der Waals surface area contributed by atoms with Crippen LogP contribution in [0.5, 0.6) is 0 Å². The highest BCUT2D eigenvalue weighted by Gasteiger charge is 2.11. The molecule has 0 aliphatic heterocycles. The van der Waals surface area contributed by atoms with Crippen molar-refractivity contribution in [2.45, 2.75) is 26.7 Å². The Kier molecular flexibility index (Phi) is 6.64. The van der Waals surface area contributed by atoms with Crippen molar-refractivity contribution >= 4 is 11.9 Å². The lowest BCUT2D eigenvalue weighted by molar-refractivity contribution is -0.143. The van der Waals surface area contributed by atoms with Crippen LogP contribution in [-0.2, 0) is 20.7 Å². The lowest BCUT2D eigenvalue weighted by Crippen LogP contribution is -2.33. The molecule has 0 bridgehead atoms. The van der Waals surface area contributed by atoms with Crippen LogP contribution in [0.4, 0.5) is 0 Å². The molecule has 19 heavy (non-hydrogen) atoms. The fraction of sp³-hybridized carbons (Fsp3) is 0.467. The van der Waals surface area contributed by atoms with Gasteiger partial charge in [0.25, 0.3) is 0 Å². The molecular formula is C15H21NO3. The van der Waals surface area contributed by atoms with E-state index in [4.69, 9.17) is 4.74 Å². The quantitative estimate of drug-likeness (QED) is 0.707. The number of ether oxygens (including phenoxy) is 1. The van der Waals surface area contributed by atoms with Gasteiger partial charge in [-0.05, 0) is 18.9 Å². The lowest BCUT2D eigenvalue weighted by Gasteiger charge is -2.20. The molecule has 4 nitrogen and oxygen atoms in total. The average Bonchev–Trinajstić information content (AvgIpc) is 2.39. The first-order chi connectivity index (χ1) is 9.13.